The van der Waals surface area contributed by atoms with Crippen LogP contribution in [0.25, 0.3) is 0 Å². The van der Waals surface area contributed by atoms with Crippen molar-refractivity contribution in [2.75, 3.05) is 0 Å². The summed E-state index contributed by atoms with van der Waals surface area (Å²) in [6, 6.07) is 9.22. The van der Waals surface area contributed by atoms with Crippen LogP contribution in [0.2, 0.25) is 0 Å². The van der Waals surface area contributed by atoms with Gasteiger partial charge in [-0.1, -0.05) is 22.9 Å². The highest BCUT2D eigenvalue weighted by Crippen LogP contribution is 2.19. The van der Waals surface area contributed by atoms with Gasteiger partial charge in [0.15, 0.2) is 5.76 Å². The van der Waals surface area contributed by atoms with E-state index < -0.39 is 0 Å². The Kier molecular flexibility index (Phi) is 3.48. The number of rotatable bonds is 3. The van der Waals surface area contributed by atoms with Crippen molar-refractivity contribution in [3.05, 3.63) is 57.5 Å². The Labute approximate surface area is 109 Å². The highest BCUT2D eigenvalue weighted by molar-refractivity contribution is 9.10. The van der Waals surface area contributed by atoms with Crippen molar-refractivity contribution in [3.8, 4) is 0 Å². The van der Waals surface area contributed by atoms with Crippen molar-refractivity contribution in [1.29, 1.82) is 0 Å². The van der Waals surface area contributed by atoms with E-state index in [-0.39, 0.29) is 5.78 Å². The fourth-order valence-corrected chi connectivity index (χ4v) is 2.31. The van der Waals surface area contributed by atoms with Gasteiger partial charge in [0, 0.05) is 16.5 Å². The van der Waals surface area contributed by atoms with Gasteiger partial charge in [-0.25, -0.2) is 0 Å². The summed E-state index contributed by atoms with van der Waals surface area (Å²) < 4.78 is 6.37. The Morgan fingerprint density at radius 3 is 2.65 bits per heavy atom. The van der Waals surface area contributed by atoms with Gasteiger partial charge in [0.2, 0.25) is 5.78 Å². The lowest BCUT2D eigenvalue weighted by molar-refractivity contribution is 0.101. The molecule has 0 bridgehead atoms. The number of benzene rings is 1. The van der Waals surface area contributed by atoms with E-state index in [9.17, 15) is 4.79 Å². The summed E-state index contributed by atoms with van der Waals surface area (Å²) in [6.45, 7) is 3.96. The SMILES string of the molecule is CCc1ccc(C(=O)c2cc(C)cc(Br)c2)o1. The third-order valence-corrected chi connectivity index (χ3v) is 3.00. The molecule has 0 radical (unpaired) electrons. The molecule has 0 aliphatic carbocycles. The van der Waals surface area contributed by atoms with Crippen molar-refractivity contribution >= 4 is 21.7 Å². The fraction of sp³-hybridized carbons (Fsp3) is 0.214. The lowest BCUT2D eigenvalue weighted by Gasteiger charge is -2.01. The number of hydrogen-bond donors (Lipinski definition) is 0. The van der Waals surface area contributed by atoms with Crippen LogP contribution in [0.4, 0.5) is 0 Å². The zero-order valence-corrected chi connectivity index (χ0v) is 11.4. The summed E-state index contributed by atoms with van der Waals surface area (Å²) >= 11 is 3.39. The molecule has 88 valence electrons. The van der Waals surface area contributed by atoms with Crippen LogP contribution < -0.4 is 0 Å². The van der Waals surface area contributed by atoms with E-state index in [1.807, 2.05) is 38.1 Å². The van der Waals surface area contributed by atoms with Gasteiger partial charge in [-0.2, -0.15) is 0 Å². The van der Waals surface area contributed by atoms with E-state index in [1.165, 1.54) is 0 Å². The summed E-state index contributed by atoms with van der Waals surface area (Å²) in [6.07, 6.45) is 0.796. The molecule has 2 nitrogen and oxygen atoms in total. The number of aryl methyl sites for hydroxylation is 2. The van der Waals surface area contributed by atoms with Gasteiger partial charge in [0.05, 0.1) is 0 Å². The molecule has 0 aliphatic heterocycles. The minimum atomic E-state index is -0.0749. The molecule has 0 amide bonds. The van der Waals surface area contributed by atoms with Crippen molar-refractivity contribution in [2.45, 2.75) is 20.3 Å². The predicted octanol–water partition coefficient (Wildman–Crippen LogP) is 4.14. The summed E-state index contributed by atoms with van der Waals surface area (Å²) in [4.78, 5) is 12.2. The highest BCUT2D eigenvalue weighted by atomic mass is 79.9. The molecule has 0 spiro atoms. The lowest BCUT2D eigenvalue weighted by Crippen LogP contribution is -2.00. The van der Waals surface area contributed by atoms with Gasteiger partial charge in [-0.15, -0.1) is 0 Å². The first-order chi connectivity index (χ1) is 8.10. The number of hydrogen-bond acceptors (Lipinski definition) is 2. The number of furan rings is 1. The second-order valence-corrected chi connectivity index (χ2v) is 4.88. The van der Waals surface area contributed by atoms with E-state index in [1.54, 1.807) is 6.07 Å². The summed E-state index contributed by atoms with van der Waals surface area (Å²) in [7, 11) is 0. The molecule has 17 heavy (non-hydrogen) atoms. The zero-order valence-electron chi connectivity index (χ0n) is 9.79. The Morgan fingerprint density at radius 1 is 1.29 bits per heavy atom. The Balaban J connectivity index is 2.36. The molecule has 0 atom stereocenters. The first-order valence-electron chi connectivity index (χ1n) is 5.50. The van der Waals surface area contributed by atoms with Gasteiger partial charge in [0.1, 0.15) is 5.76 Å². The smallest absolute Gasteiger partial charge is 0.228 e. The number of halogens is 1. The third kappa shape index (κ3) is 2.67. The molecule has 1 aromatic carbocycles. The molecular formula is C14H13BrO2. The molecule has 3 heteroatoms. The van der Waals surface area contributed by atoms with Gasteiger partial charge in [-0.05, 0) is 42.8 Å². The molecule has 0 saturated carbocycles. The zero-order chi connectivity index (χ0) is 12.4. The van der Waals surface area contributed by atoms with E-state index in [0.29, 0.717) is 11.3 Å². The van der Waals surface area contributed by atoms with E-state index in [4.69, 9.17) is 4.42 Å². The second-order valence-electron chi connectivity index (χ2n) is 3.97. The standard InChI is InChI=1S/C14H13BrO2/c1-3-12-4-5-13(17-12)14(16)10-6-9(2)7-11(15)8-10/h4-8H,3H2,1-2H3. The largest absolute Gasteiger partial charge is 0.458 e. The van der Waals surface area contributed by atoms with Crippen LogP contribution in [0.3, 0.4) is 0 Å². The minimum absolute atomic E-state index is 0.0749. The maximum absolute atomic E-state index is 12.2. The first-order valence-corrected chi connectivity index (χ1v) is 6.30. The summed E-state index contributed by atoms with van der Waals surface area (Å²) in [5, 5.41) is 0. The molecule has 0 aliphatic rings. The van der Waals surface area contributed by atoms with E-state index in [0.717, 1.165) is 22.2 Å². The van der Waals surface area contributed by atoms with Crippen LogP contribution in [0.5, 0.6) is 0 Å². The van der Waals surface area contributed by atoms with Gasteiger partial charge >= 0.3 is 0 Å². The molecular weight excluding hydrogens is 280 g/mol. The quantitative estimate of drug-likeness (QED) is 0.796. The van der Waals surface area contributed by atoms with Gasteiger partial charge in [0.25, 0.3) is 0 Å². The van der Waals surface area contributed by atoms with E-state index in [2.05, 4.69) is 15.9 Å². The van der Waals surface area contributed by atoms with Crippen molar-refractivity contribution < 1.29 is 9.21 Å². The number of ketones is 1. The number of carbonyl (C=O) groups is 1. The first kappa shape index (κ1) is 12.1. The third-order valence-electron chi connectivity index (χ3n) is 2.54. The van der Waals surface area contributed by atoms with Crippen molar-refractivity contribution in [2.24, 2.45) is 0 Å². The Morgan fingerprint density at radius 2 is 2.06 bits per heavy atom. The van der Waals surface area contributed by atoms with Crippen LogP contribution in [0, 0.1) is 6.92 Å². The summed E-state index contributed by atoms with van der Waals surface area (Å²) in [5.74, 6) is 1.16. The highest BCUT2D eigenvalue weighted by Gasteiger charge is 2.14. The topological polar surface area (TPSA) is 30.2 Å². The van der Waals surface area contributed by atoms with Crippen LogP contribution in [-0.4, -0.2) is 5.78 Å². The average Bonchev–Trinajstić information content (AvgIpc) is 2.75. The molecule has 0 N–H and O–H groups in total. The average molecular weight is 293 g/mol. The number of carbonyl (C=O) groups excluding carboxylic acids is 1. The fourth-order valence-electron chi connectivity index (χ4n) is 1.70. The lowest BCUT2D eigenvalue weighted by atomic mass is 10.1. The maximum atomic E-state index is 12.2. The predicted molar refractivity (Wildman–Crippen MR) is 70.4 cm³/mol. The van der Waals surface area contributed by atoms with E-state index >= 15 is 0 Å². The second kappa shape index (κ2) is 4.88. The van der Waals surface area contributed by atoms with Crippen LogP contribution in [0.1, 0.15) is 34.4 Å². The molecule has 0 unspecified atom stereocenters. The Bertz CT molecular complexity index is 535. The van der Waals surface area contributed by atoms with Gasteiger partial charge in [-0.3, -0.25) is 4.79 Å². The normalized spacial score (nSPS) is 10.5. The molecule has 0 fully saturated rings. The molecule has 1 aromatic heterocycles. The summed E-state index contributed by atoms with van der Waals surface area (Å²) in [5.41, 5.74) is 1.69. The molecule has 0 saturated heterocycles. The van der Waals surface area contributed by atoms with Crippen LogP contribution in [-0.2, 0) is 6.42 Å². The van der Waals surface area contributed by atoms with Crippen LogP contribution >= 0.6 is 15.9 Å². The Hall–Kier alpha value is -1.35. The monoisotopic (exact) mass is 292 g/mol. The van der Waals surface area contributed by atoms with Gasteiger partial charge < -0.3 is 4.42 Å². The van der Waals surface area contributed by atoms with Crippen molar-refractivity contribution in [1.82, 2.24) is 0 Å². The van der Waals surface area contributed by atoms with Crippen molar-refractivity contribution in [3.63, 3.8) is 0 Å². The maximum Gasteiger partial charge on any atom is 0.228 e. The van der Waals surface area contributed by atoms with Crippen LogP contribution in [0.15, 0.2) is 39.2 Å². The molecule has 1 heterocycles. The minimum Gasteiger partial charge on any atom is -0.458 e. The molecule has 2 rings (SSSR count). The molecule has 2 aromatic rings.